The number of halogens is 3. The number of nitrogens with one attached hydrogen (secondary N) is 1. The van der Waals surface area contributed by atoms with Crippen molar-refractivity contribution in [3.63, 3.8) is 0 Å². The van der Waals surface area contributed by atoms with Crippen molar-refractivity contribution in [1.29, 1.82) is 0 Å². The molecule has 4 rings (SSSR count). The van der Waals surface area contributed by atoms with E-state index in [0.717, 1.165) is 17.2 Å². The fourth-order valence-corrected chi connectivity index (χ4v) is 3.29. The molecule has 1 heterocycles. The highest BCUT2D eigenvalue weighted by atomic mass is 19.4. The summed E-state index contributed by atoms with van der Waals surface area (Å²) in [4.78, 5) is 15.5. The molecule has 5 nitrogen and oxygen atoms in total. The van der Waals surface area contributed by atoms with Crippen LogP contribution in [-0.4, -0.2) is 20.6 Å². The third-order valence-corrected chi connectivity index (χ3v) is 4.63. The van der Waals surface area contributed by atoms with E-state index in [0.29, 0.717) is 11.0 Å². The van der Waals surface area contributed by atoms with Crippen LogP contribution >= 0.6 is 0 Å². The second kappa shape index (κ2) is 7.22. The highest BCUT2D eigenvalue weighted by Crippen LogP contribution is 2.37. The summed E-state index contributed by atoms with van der Waals surface area (Å²) in [5.74, 6) is -0.308. The van der Waals surface area contributed by atoms with Crippen LogP contribution in [0.4, 0.5) is 18.9 Å². The van der Waals surface area contributed by atoms with Crippen LogP contribution in [0.15, 0.2) is 67.0 Å². The Hall–Kier alpha value is -3.81. The molecule has 0 saturated heterocycles. The first kappa shape index (κ1) is 19.5. The molecule has 0 saturated carbocycles. The fraction of sp³-hybridized carbons (Fsp3) is 0.0909. The zero-order chi connectivity index (χ0) is 21.5. The molecule has 0 aliphatic carbocycles. The number of alkyl halides is 3. The number of rotatable bonds is 3. The lowest BCUT2D eigenvalue weighted by Gasteiger charge is -2.16. The van der Waals surface area contributed by atoms with Gasteiger partial charge in [-0.2, -0.15) is 13.2 Å². The Bertz CT molecular complexity index is 1240. The zero-order valence-corrected chi connectivity index (χ0v) is 15.7. The number of hydrogen-bond donors (Lipinski definition) is 2. The molecule has 4 aromatic rings. The first-order valence-corrected chi connectivity index (χ1v) is 8.98. The Balaban J connectivity index is 1.81. The third kappa shape index (κ3) is 3.71. The smallest absolute Gasteiger partial charge is 0.418 e. The molecule has 1 aromatic heterocycles. The van der Waals surface area contributed by atoms with E-state index in [4.69, 9.17) is 0 Å². The molecular formula is C22H16F3N3O2. The van der Waals surface area contributed by atoms with Gasteiger partial charge in [0, 0.05) is 12.6 Å². The maximum atomic E-state index is 13.7. The van der Waals surface area contributed by atoms with Crippen LogP contribution in [0, 0.1) is 0 Å². The van der Waals surface area contributed by atoms with E-state index in [1.54, 1.807) is 42.5 Å². The number of phenolic OH excluding ortho intramolecular Hbond substituents is 1. The highest BCUT2D eigenvalue weighted by Gasteiger charge is 2.34. The molecule has 0 spiro atoms. The number of nitrogens with zero attached hydrogens (tertiary/aromatic N) is 2. The van der Waals surface area contributed by atoms with Gasteiger partial charge in [0.25, 0.3) is 0 Å². The van der Waals surface area contributed by atoms with Gasteiger partial charge in [0.05, 0.1) is 22.3 Å². The maximum Gasteiger partial charge on any atom is 0.418 e. The molecule has 0 unspecified atom stereocenters. The van der Waals surface area contributed by atoms with Gasteiger partial charge in [0.2, 0.25) is 5.91 Å². The Labute approximate surface area is 169 Å². The van der Waals surface area contributed by atoms with Crippen molar-refractivity contribution in [1.82, 2.24) is 9.55 Å². The standard InChI is InChI=1S/C22H16F3N3O2/c1-13(29)27-16-5-9-20(18(11-16)22(23,24)25)28-12-26-19-10-15(4-8-21(19)28)14-2-6-17(30)7-3-14/h2-12,30H,1H3,(H,27,29). The largest absolute Gasteiger partial charge is 0.508 e. The predicted molar refractivity (Wildman–Crippen MR) is 107 cm³/mol. The van der Waals surface area contributed by atoms with Crippen molar-refractivity contribution < 1.29 is 23.1 Å². The van der Waals surface area contributed by atoms with Crippen molar-refractivity contribution in [2.75, 3.05) is 5.32 Å². The zero-order valence-electron chi connectivity index (χ0n) is 15.7. The number of carbonyl (C=O) groups is 1. The monoisotopic (exact) mass is 411 g/mol. The summed E-state index contributed by atoms with van der Waals surface area (Å²) in [6.07, 6.45) is -3.28. The van der Waals surface area contributed by atoms with Crippen molar-refractivity contribution >= 4 is 22.6 Å². The minimum atomic E-state index is -4.62. The maximum absolute atomic E-state index is 13.7. The van der Waals surface area contributed by atoms with Crippen LogP contribution in [0.3, 0.4) is 0 Å². The van der Waals surface area contributed by atoms with Crippen LogP contribution in [-0.2, 0) is 11.0 Å². The highest BCUT2D eigenvalue weighted by molar-refractivity contribution is 5.89. The molecule has 0 atom stereocenters. The number of imidazole rings is 1. The van der Waals surface area contributed by atoms with Crippen molar-refractivity contribution in [2.24, 2.45) is 0 Å². The molecule has 0 aliphatic rings. The van der Waals surface area contributed by atoms with Crippen LogP contribution in [0.5, 0.6) is 5.75 Å². The fourth-order valence-electron chi connectivity index (χ4n) is 3.29. The van der Waals surface area contributed by atoms with Gasteiger partial charge in [-0.1, -0.05) is 18.2 Å². The van der Waals surface area contributed by atoms with Gasteiger partial charge in [0.15, 0.2) is 0 Å². The van der Waals surface area contributed by atoms with Crippen LogP contribution < -0.4 is 5.32 Å². The number of carbonyl (C=O) groups excluding carboxylic acids is 1. The molecule has 0 aliphatic heterocycles. The molecule has 3 aromatic carbocycles. The second-order valence-electron chi connectivity index (χ2n) is 6.78. The predicted octanol–water partition coefficient (Wildman–Crippen LogP) is 5.38. The van der Waals surface area contributed by atoms with Crippen LogP contribution in [0.25, 0.3) is 27.8 Å². The lowest BCUT2D eigenvalue weighted by atomic mass is 10.0. The number of amides is 1. The number of benzene rings is 3. The number of aromatic nitrogens is 2. The van der Waals surface area contributed by atoms with Gasteiger partial charge < -0.3 is 10.4 Å². The summed E-state index contributed by atoms with van der Waals surface area (Å²) in [6.45, 7) is 1.23. The molecule has 0 fully saturated rings. The average Bonchev–Trinajstić information content (AvgIpc) is 3.10. The summed E-state index contributed by atoms with van der Waals surface area (Å²) in [6, 6.07) is 15.5. The van der Waals surface area contributed by atoms with E-state index < -0.39 is 17.6 Å². The molecule has 152 valence electrons. The van der Waals surface area contributed by atoms with Crippen molar-refractivity contribution in [3.8, 4) is 22.6 Å². The Kier molecular flexibility index (Phi) is 4.69. The summed E-state index contributed by atoms with van der Waals surface area (Å²) in [5, 5.41) is 11.8. The van der Waals surface area contributed by atoms with Gasteiger partial charge >= 0.3 is 6.18 Å². The molecule has 1 amide bonds. The number of phenols is 1. The summed E-state index contributed by atoms with van der Waals surface area (Å²) in [7, 11) is 0. The molecule has 0 radical (unpaired) electrons. The van der Waals surface area contributed by atoms with Crippen molar-refractivity contribution in [3.05, 3.63) is 72.6 Å². The molecular weight excluding hydrogens is 395 g/mol. The Morgan fingerprint density at radius 2 is 1.70 bits per heavy atom. The first-order chi connectivity index (χ1) is 14.2. The summed E-state index contributed by atoms with van der Waals surface area (Å²) >= 11 is 0. The van der Waals surface area contributed by atoms with E-state index in [2.05, 4.69) is 10.3 Å². The quantitative estimate of drug-likeness (QED) is 0.476. The summed E-state index contributed by atoms with van der Waals surface area (Å²) < 4.78 is 42.5. The molecule has 0 bridgehead atoms. The Morgan fingerprint density at radius 3 is 2.37 bits per heavy atom. The van der Waals surface area contributed by atoms with E-state index in [-0.39, 0.29) is 17.1 Å². The lowest BCUT2D eigenvalue weighted by molar-refractivity contribution is -0.137. The van der Waals surface area contributed by atoms with E-state index in [1.807, 2.05) is 0 Å². The van der Waals surface area contributed by atoms with E-state index in [1.165, 1.54) is 30.0 Å². The number of anilines is 1. The first-order valence-electron chi connectivity index (χ1n) is 8.98. The van der Waals surface area contributed by atoms with Crippen LogP contribution in [0.1, 0.15) is 12.5 Å². The van der Waals surface area contributed by atoms with Crippen molar-refractivity contribution in [2.45, 2.75) is 13.1 Å². The minimum Gasteiger partial charge on any atom is -0.508 e. The van der Waals surface area contributed by atoms with Gasteiger partial charge in [-0.15, -0.1) is 0 Å². The second-order valence-corrected chi connectivity index (χ2v) is 6.78. The van der Waals surface area contributed by atoms with E-state index in [9.17, 15) is 23.1 Å². The van der Waals surface area contributed by atoms with Gasteiger partial charge in [0.1, 0.15) is 12.1 Å². The number of fused-ring (bicyclic) bond motifs is 1. The minimum absolute atomic E-state index is 0.0672. The van der Waals surface area contributed by atoms with Gasteiger partial charge in [-0.05, 0) is 53.6 Å². The molecule has 8 heteroatoms. The SMILES string of the molecule is CC(=O)Nc1ccc(-n2cnc3cc(-c4ccc(O)cc4)ccc32)c(C(F)(F)F)c1. The molecule has 2 N–H and O–H groups in total. The van der Waals surface area contributed by atoms with Gasteiger partial charge in [-0.3, -0.25) is 9.36 Å². The van der Waals surface area contributed by atoms with E-state index >= 15 is 0 Å². The molecule has 30 heavy (non-hydrogen) atoms. The average molecular weight is 411 g/mol. The number of aromatic hydroxyl groups is 1. The third-order valence-electron chi connectivity index (χ3n) is 4.63. The topological polar surface area (TPSA) is 67.2 Å². The number of hydrogen-bond acceptors (Lipinski definition) is 3. The van der Waals surface area contributed by atoms with Gasteiger partial charge in [-0.25, -0.2) is 4.98 Å². The van der Waals surface area contributed by atoms with Crippen LogP contribution in [0.2, 0.25) is 0 Å². The lowest BCUT2D eigenvalue weighted by Crippen LogP contribution is -2.13. The summed E-state index contributed by atoms with van der Waals surface area (Å²) in [5.41, 5.74) is 1.81. The normalized spacial score (nSPS) is 11.6. The Morgan fingerprint density at radius 1 is 1.00 bits per heavy atom.